The number of pyridine rings is 1. The van der Waals surface area contributed by atoms with Crippen molar-refractivity contribution in [3.05, 3.63) is 152 Å². The molecule has 3 heterocycles. The zero-order chi connectivity index (χ0) is 31.6. The number of nitrogens with zero attached hydrogens (tertiary/aromatic N) is 5. The van der Waals surface area contributed by atoms with E-state index in [1.165, 1.54) is 5.56 Å². The van der Waals surface area contributed by atoms with Gasteiger partial charge in [0.1, 0.15) is 7.05 Å². The Bertz CT molecular complexity index is 2260. The van der Waals surface area contributed by atoms with Crippen molar-refractivity contribution >= 4 is 0 Å². The fourth-order valence-corrected chi connectivity index (χ4v) is 5.46. The molecule has 0 aliphatic carbocycles. The molecule has 0 fully saturated rings. The third-order valence-corrected chi connectivity index (χ3v) is 8.13. The molecule has 0 radical (unpaired) electrons. The third-order valence-electron chi connectivity index (χ3n) is 8.13. The number of benzene rings is 5. The van der Waals surface area contributed by atoms with Gasteiger partial charge >= 0.3 is 0 Å². The quantitative estimate of drug-likeness (QED) is 0.168. The maximum Gasteiger partial charge on any atom is 0.248 e. The summed E-state index contributed by atoms with van der Waals surface area (Å²) < 4.78 is 14.1. The fraction of sp³-hybridized carbons (Fsp3) is 0.0250. The molecule has 0 amide bonds. The minimum Gasteiger partial charge on any atom is -0.416 e. The molecule has 0 atom stereocenters. The molecule has 7 nitrogen and oxygen atoms in total. The summed E-state index contributed by atoms with van der Waals surface area (Å²) in [5.74, 6) is 1.93. The SMILES string of the molecule is C[n+]1ccc(-c2ccc(-c3nnc(-c4ccc(-c5ccc(-c6nnc(-c7ccc(-c8ccccc8)cc7)o6)cc5)cc4)o3)cc2)cc1. The van der Waals surface area contributed by atoms with Crippen LogP contribution in [0.4, 0.5) is 0 Å². The summed E-state index contributed by atoms with van der Waals surface area (Å²) in [7, 11) is 2.01. The van der Waals surface area contributed by atoms with E-state index in [-0.39, 0.29) is 0 Å². The van der Waals surface area contributed by atoms with E-state index in [4.69, 9.17) is 8.83 Å². The van der Waals surface area contributed by atoms with Crippen LogP contribution >= 0.6 is 0 Å². The topological polar surface area (TPSA) is 81.7 Å². The van der Waals surface area contributed by atoms with E-state index in [2.05, 4.69) is 68.9 Å². The largest absolute Gasteiger partial charge is 0.416 e. The van der Waals surface area contributed by atoms with Crippen molar-refractivity contribution in [3.63, 3.8) is 0 Å². The summed E-state index contributed by atoms with van der Waals surface area (Å²) >= 11 is 0. The van der Waals surface area contributed by atoms with E-state index in [1.54, 1.807) is 0 Å². The molecule has 5 aromatic carbocycles. The Balaban J connectivity index is 0.938. The zero-order valence-electron chi connectivity index (χ0n) is 25.5. The van der Waals surface area contributed by atoms with Gasteiger partial charge in [-0.2, -0.15) is 0 Å². The van der Waals surface area contributed by atoms with Crippen molar-refractivity contribution in [1.29, 1.82) is 0 Å². The van der Waals surface area contributed by atoms with Crippen molar-refractivity contribution in [1.82, 2.24) is 20.4 Å². The molecule has 3 aromatic heterocycles. The van der Waals surface area contributed by atoms with Crippen molar-refractivity contribution in [2.45, 2.75) is 0 Å². The lowest BCUT2D eigenvalue weighted by molar-refractivity contribution is -0.671. The predicted molar refractivity (Wildman–Crippen MR) is 181 cm³/mol. The van der Waals surface area contributed by atoms with Gasteiger partial charge in [-0.3, -0.25) is 0 Å². The number of hydrogen-bond donors (Lipinski definition) is 0. The normalized spacial score (nSPS) is 11.1. The molecule has 0 aliphatic rings. The molecule has 0 aliphatic heterocycles. The molecule has 0 spiro atoms. The lowest BCUT2D eigenvalue weighted by atomic mass is 10.0. The van der Waals surface area contributed by atoms with Crippen molar-refractivity contribution < 1.29 is 13.4 Å². The molecule has 0 saturated heterocycles. The van der Waals surface area contributed by atoms with Gasteiger partial charge in [0, 0.05) is 34.4 Å². The van der Waals surface area contributed by atoms with Gasteiger partial charge < -0.3 is 8.83 Å². The minimum absolute atomic E-state index is 0.475. The molecule has 8 rings (SSSR count). The van der Waals surface area contributed by atoms with Crippen LogP contribution in [0.3, 0.4) is 0 Å². The Morgan fingerprint density at radius 2 is 0.574 bits per heavy atom. The van der Waals surface area contributed by atoms with Crippen molar-refractivity contribution in [2.24, 2.45) is 7.05 Å². The Morgan fingerprint density at radius 1 is 0.319 bits per heavy atom. The Kier molecular flexibility index (Phi) is 7.24. The average Bonchev–Trinajstić information content (AvgIpc) is 3.84. The molecule has 0 saturated carbocycles. The van der Waals surface area contributed by atoms with E-state index in [9.17, 15) is 0 Å². The first-order chi connectivity index (χ1) is 23.2. The highest BCUT2D eigenvalue weighted by molar-refractivity contribution is 5.72. The minimum atomic E-state index is 0.475. The fourth-order valence-electron chi connectivity index (χ4n) is 5.46. The molecule has 47 heavy (non-hydrogen) atoms. The smallest absolute Gasteiger partial charge is 0.248 e. The van der Waals surface area contributed by atoms with Gasteiger partial charge in [-0.1, -0.05) is 78.9 Å². The molecular weight excluding hydrogens is 582 g/mol. The van der Waals surface area contributed by atoms with Crippen molar-refractivity contribution in [2.75, 3.05) is 0 Å². The second-order valence-electron chi connectivity index (χ2n) is 11.3. The highest BCUT2D eigenvalue weighted by Crippen LogP contribution is 2.31. The summed E-state index contributed by atoms with van der Waals surface area (Å²) in [6.45, 7) is 0. The van der Waals surface area contributed by atoms with Crippen LogP contribution in [0.5, 0.6) is 0 Å². The van der Waals surface area contributed by atoms with Crippen molar-refractivity contribution in [3.8, 4) is 79.2 Å². The van der Waals surface area contributed by atoms with Gasteiger partial charge in [0.05, 0.1) is 0 Å². The first-order valence-electron chi connectivity index (χ1n) is 15.3. The second kappa shape index (κ2) is 12.1. The predicted octanol–water partition coefficient (Wildman–Crippen LogP) is 8.95. The summed E-state index contributed by atoms with van der Waals surface area (Å²) in [5, 5.41) is 17.2. The number of aromatic nitrogens is 5. The maximum atomic E-state index is 6.04. The monoisotopic (exact) mass is 610 g/mol. The standard InChI is InChI=1S/C40H28N5O2/c1-45-25-23-32(24-26-45)31-13-21-36(22-14-31)40-44-43-39(47-40)35-19-11-30(12-20-35)29-9-17-34(18-10-29)38-42-41-37(46-38)33-15-7-28(8-16-33)27-5-3-2-4-6-27/h2-26H,1H3/q+1. The van der Waals surface area contributed by atoms with Crippen LogP contribution in [0.1, 0.15) is 0 Å². The first-order valence-corrected chi connectivity index (χ1v) is 15.3. The van der Waals surface area contributed by atoms with E-state index in [1.807, 2.05) is 115 Å². The van der Waals surface area contributed by atoms with Gasteiger partial charge in [0.25, 0.3) is 0 Å². The second-order valence-corrected chi connectivity index (χ2v) is 11.3. The van der Waals surface area contributed by atoms with Crippen LogP contribution in [-0.4, -0.2) is 20.4 Å². The molecule has 0 bridgehead atoms. The van der Waals surface area contributed by atoms with E-state index >= 15 is 0 Å². The number of rotatable bonds is 7. The third kappa shape index (κ3) is 5.85. The van der Waals surface area contributed by atoms with Crippen LogP contribution < -0.4 is 4.57 Å². The lowest BCUT2D eigenvalue weighted by Crippen LogP contribution is -2.25. The highest BCUT2D eigenvalue weighted by atomic mass is 16.4. The van der Waals surface area contributed by atoms with E-state index in [0.717, 1.165) is 50.1 Å². The lowest BCUT2D eigenvalue weighted by Gasteiger charge is -2.04. The molecule has 0 N–H and O–H groups in total. The van der Waals surface area contributed by atoms with Gasteiger partial charge in [-0.05, 0) is 81.9 Å². The summed E-state index contributed by atoms with van der Waals surface area (Å²) in [6.07, 6.45) is 4.07. The zero-order valence-corrected chi connectivity index (χ0v) is 25.5. The summed E-state index contributed by atoms with van der Waals surface area (Å²) in [4.78, 5) is 0. The summed E-state index contributed by atoms with van der Waals surface area (Å²) in [5.41, 5.74) is 10.2. The molecule has 0 unspecified atom stereocenters. The average molecular weight is 611 g/mol. The van der Waals surface area contributed by atoms with E-state index < -0.39 is 0 Å². The molecule has 7 heteroatoms. The number of hydrogen-bond acceptors (Lipinski definition) is 6. The van der Waals surface area contributed by atoms with Crippen LogP contribution in [0.25, 0.3) is 79.2 Å². The van der Waals surface area contributed by atoms with Gasteiger partial charge in [0.15, 0.2) is 12.4 Å². The van der Waals surface area contributed by atoms with Crippen LogP contribution in [0.15, 0.2) is 161 Å². The van der Waals surface area contributed by atoms with Crippen LogP contribution in [0, 0.1) is 0 Å². The van der Waals surface area contributed by atoms with Crippen LogP contribution in [0.2, 0.25) is 0 Å². The highest BCUT2D eigenvalue weighted by Gasteiger charge is 2.13. The maximum absolute atomic E-state index is 6.04. The Hall–Kier alpha value is -6.47. The number of aryl methyl sites for hydroxylation is 1. The summed E-state index contributed by atoms with van der Waals surface area (Å²) in [6, 6.07) is 46.9. The molecule has 8 aromatic rings. The van der Waals surface area contributed by atoms with Gasteiger partial charge in [-0.25, -0.2) is 4.57 Å². The van der Waals surface area contributed by atoms with E-state index in [0.29, 0.717) is 23.6 Å². The van der Waals surface area contributed by atoms with Gasteiger partial charge in [-0.15, -0.1) is 20.4 Å². The first kappa shape index (κ1) is 28.0. The Labute approximate surface area is 271 Å². The van der Waals surface area contributed by atoms with Crippen LogP contribution in [-0.2, 0) is 7.05 Å². The molecular formula is C40H28N5O2+. The molecule has 224 valence electrons. The Morgan fingerprint density at radius 3 is 0.894 bits per heavy atom. The van der Waals surface area contributed by atoms with Gasteiger partial charge in [0.2, 0.25) is 23.6 Å².